The third-order valence-corrected chi connectivity index (χ3v) is 3.98. The highest BCUT2D eigenvalue weighted by atomic mass is 14.1. The molecule has 24 heavy (non-hydrogen) atoms. The zero-order valence-corrected chi connectivity index (χ0v) is 14.1. The van der Waals surface area contributed by atoms with Crippen molar-refractivity contribution in [1.82, 2.24) is 0 Å². The highest BCUT2D eigenvalue weighted by molar-refractivity contribution is 5.78. The molecule has 0 nitrogen and oxygen atoms in total. The Kier molecular flexibility index (Phi) is 4.94. The van der Waals surface area contributed by atoms with Gasteiger partial charge in [0.2, 0.25) is 0 Å². The van der Waals surface area contributed by atoms with Crippen molar-refractivity contribution in [3.63, 3.8) is 0 Å². The third-order valence-electron chi connectivity index (χ3n) is 3.98. The van der Waals surface area contributed by atoms with Gasteiger partial charge in [-0.3, -0.25) is 0 Å². The Morgan fingerprint density at radius 3 is 2.25 bits per heavy atom. The summed E-state index contributed by atoms with van der Waals surface area (Å²) in [5.41, 5.74) is 7.30. The summed E-state index contributed by atoms with van der Waals surface area (Å²) in [6, 6.07) is 25.1. The van der Waals surface area contributed by atoms with E-state index in [0.29, 0.717) is 0 Å². The maximum atomic E-state index is 3.16. The van der Waals surface area contributed by atoms with Crippen molar-refractivity contribution in [2.24, 2.45) is 0 Å². The molecule has 3 aromatic carbocycles. The van der Waals surface area contributed by atoms with Gasteiger partial charge in [0.15, 0.2) is 0 Å². The molecule has 0 radical (unpaired) electrons. The summed E-state index contributed by atoms with van der Waals surface area (Å²) in [6.07, 6.45) is 4.03. The number of rotatable bonds is 2. The average Bonchev–Trinajstić information content (AvgIpc) is 2.61. The minimum absolute atomic E-state index is 1.03. The number of aryl methyl sites for hydroxylation is 2. The van der Waals surface area contributed by atoms with Gasteiger partial charge in [0.05, 0.1) is 0 Å². The number of benzene rings is 3. The summed E-state index contributed by atoms with van der Waals surface area (Å²) in [5, 5.41) is 0. The van der Waals surface area contributed by atoms with Crippen molar-refractivity contribution < 1.29 is 0 Å². The molecule has 0 fully saturated rings. The molecule has 0 unspecified atom stereocenters. The van der Waals surface area contributed by atoms with Crippen LogP contribution in [0.15, 0.2) is 78.9 Å². The van der Waals surface area contributed by atoms with Crippen LogP contribution in [0.25, 0.3) is 17.2 Å². The van der Waals surface area contributed by atoms with E-state index in [2.05, 4.69) is 74.2 Å². The van der Waals surface area contributed by atoms with Gasteiger partial charge < -0.3 is 0 Å². The second-order valence-electron chi connectivity index (χ2n) is 5.87. The third kappa shape index (κ3) is 3.83. The van der Waals surface area contributed by atoms with Gasteiger partial charge in [-0.05, 0) is 60.4 Å². The lowest BCUT2D eigenvalue weighted by molar-refractivity contribution is 1.42. The smallest absolute Gasteiger partial charge is 0.0248 e. The second kappa shape index (κ2) is 7.49. The van der Waals surface area contributed by atoms with Gasteiger partial charge in [-0.25, -0.2) is 0 Å². The van der Waals surface area contributed by atoms with Gasteiger partial charge in [-0.2, -0.15) is 0 Å². The molecule has 0 heteroatoms. The van der Waals surface area contributed by atoms with Crippen molar-refractivity contribution >= 4 is 6.08 Å². The molecule has 0 aliphatic rings. The van der Waals surface area contributed by atoms with Crippen molar-refractivity contribution in [2.45, 2.75) is 13.8 Å². The molecule has 0 aliphatic heterocycles. The average molecular weight is 308 g/mol. The molecule has 0 N–H and O–H groups in total. The maximum absolute atomic E-state index is 3.16. The van der Waals surface area contributed by atoms with Crippen LogP contribution in [0.4, 0.5) is 0 Å². The molecule has 0 bridgehead atoms. The van der Waals surface area contributed by atoms with E-state index in [1.807, 2.05) is 36.4 Å². The minimum atomic E-state index is 1.03. The Labute approximate surface area is 144 Å². The van der Waals surface area contributed by atoms with Gasteiger partial charge in [0, 0.05) is 5.56 Å². The molecule has 0 spiro atoms. The van der Waals surface area contributed by atoms with E-state index in [1.54, 1.807) is 0 Å². The molecule has 0 atom stereocenters. The zero-order valence-electron chi connectivity index (χ0n) is 14.1. The predicted octanol–water partition coefficient (Wildman–Crippen LogP) is 6.04. The molecule has 3 rings (SSSR count). The molecule has 0 amide bonds. The molecule has 3 aromatic rings. The SMILES string of the molecule is Cc1ccc(-c2c(C)cccc2C=CC#Cc2ccccc2)cc1. The lowest BCUT2D eigenvalue weighted by atomic mass is 9.94. The van der Waals surface area contributed by atoms with E-state index in [4.69, 9.17) is 0 Å². The first-order valence-electron chi connectivity index (χ1n) is 8.14. The van der Waals surface area contributed by atoms with E-state index < -0.39 is 0 Å². The fourth-order valence-electron chi connectivity index (χ4n) is 2.72. The molecular formula is C24H20. The lowest BCUT2D eigenvalue weighted by Gasteiger charge is -2.10. The Bertz CT molecular complexity index is 902. The summed E-state index contributed by atoms with van der Waals surface area (Å²) in [6.45, 7) is 4.27. The van der Waals surface area contributed by atoms with Crippen LogP contribution in [-0.4, -0.2) is 0 Å². The molecule has 0 saturated carbocycles. The van der Waals surface area contributed by atoms with Crippen LogP contribution in [0, 0.1) is 25.7 Å². The molecule has 0 heterocycles. The zero-order chi connectivity index (χ0) is 16.8. The second-order valence-corrected chi connectivity index (χ2v) is 5.87. The van der Waals surface area contributed by atoms with E-state index in [9.17, 15) is 0 Å². The van der Waals surface area contributed by atoms with E-state index in [-0.39, 0.29) is 0 Å². The first-order chi connectivity index (χ1) is 11.7. The Balaban J connectivity index is 1.92. The molecule has 0 aliphatic carbocycles. The van der Waals surface area contributed by atoms with Crippen LogP contribution in [0.3, 0.4) is 0 Å². The highest BCUT2D eigenvalue weighted by Gasteiger charge is 2.05. The minimum Gasteiger partial charge on any atom is -0.0696 e. The normalized spacial score (nSPS) is 10.4. The monoisotopic (exact) mass is 308 g/mol. The van der Waals surface area contributed by atoms with Crippen LogP contribution in [0.5, 0.6) is 0 Å². The standard InChI is InChI=1S/C24H20/c1-19-15-17-23(18-16-19)24-20(2)9-8-14-22(24)13-7-6-12-21-10-4-3-5-11-21/h3-5,7-11,13-18H,1-2H3. The molecule has 116 valence electrons. The van der Waals surface area contributed by atoms with Gasteiger partial charge >= 0.3 is 0 Å². The van der Waals surface area contributed by atoms with Crippen LogP contribution in [0.1, 0.15) is 22.3 Å². The fraction of sp³-hybridized carbons (Fsp3) is 0.0833. The van der Waals surface area contributed by atoms with Crippen LogP contribution >= 0.6 is 0 Å². The van der Waals surface area contributed by atoms with E-state index >= 15 is 0 Å². The van der Waals surface area contributed by atoms with Crippen LogP contribution in [-0.2, 0) is 0 Å². The van der Waals surface area contributed by atoms with Crippen LogP contribution < -0.4 is 0 Å². The van der Waals surface area contributed by atoms with Crippen molar-refractivity contribution in [2.75, 3.05) is 0 Å². The Morgan fingerprint density at radius 1 is 0.750 bits per heavy atom. The van der Waals surface area contributed by atoms with Crippen molar-refractivity contribution in [1.29, 1.82) is 0 Å². The maximum Gasteiger partial charge on any atom is 0.0248 e. The summed E-state index contributed by atoms with van der Waals surface area (Å²) in [7, 11) is 0. The Morgan fingerprint density at radius 2 is 1.50 bits per heavy atom. The summed E-state index contributed by atoms with van der Waals surface area (Å²) < 4.78 is 0. The predicted molar refractivity (Wildman–Crippen MR) is 104 cm³/mol. The highest BCUT2D eigenvalue weighted by Crippen LogP contribution is 2.28. The van der Waals surface area contributed by atoms with Crippen molar-refractivity contribution in [3.05, 3.63) is 101 Å². The number of hydrogen-bond acceptors (Lipinski definition) is 0. The summed E-state index contributed by atoms with van der Waals surface area (Å²) in [5.74, 6) is 6.29. The quantitative estimate of drug-likeness (QED) is 0.507. The van der Waals surface area contributed by atoms with E-state index in [0.717, 1.165) is 5.56 Å². The first-order valence-corrected chi connectivity index (χ1v) is 8.14. The van der Waals surface area contributed by atoms with Gasteiger partial charge in [-0.15, -0.1) is 0 Å². The lowest BCUT2D eigenvalue weighted by Crippen LogP contribution is -1.88. The molecule has 0 aromatic heterocycles. The van der Waals surface area contributed by atoms with Gasteiger partial charge in [0.25, 0.3) is 0 Å². The largest absolute Gasteiger partial charge is 0.0696 e. The number of allylic oxidation sites excluding steroid dienone is 1. The van der Waals surface area contributed by atoms with Crippen molar-refractivity contribution in [3.8, 4) is 23.0 Å². The fourth-order valence-corrected chi connectivity index (χ4v) is 2.72. The van der Waals surface area contributed by atoms with E-state index in [1.165, 1.54) is 27.8 Å². The molecule has 0 saturated heterocycles. The number of hydrogen-bond donors (Lipinski definition) is 0. The summed E-state index contributed by atoms with van der Waals surface area (Å²) >= 11 is 0. The summed E-state index contributed by atoms with van der Waals surface area (Å²) in [4.78, 5) is 0. The topological polar surface area (TPSA) is 0 Å². The van der Waals surface area contributed by atoms with Crippen LogP contribution in [0.2, 0.25) is 0 Å². The first kappa shape index (κ1) is 15.8. The van der Waals surface area contributed by atoms with Gasteiger partial charge in [-0.1, -0.05) is 78.1 Å². The molecular weight excluding hydrogens is 288 g/mol. The Hall–Kier alpha value is -3.04. The van der Waals surface area contributed by atoms with Gasteiger partial charge in [0.1, 0.15) is 0 Å².